The molecule has 0 aliphatic carbocycles. The second-order valence-electron chi connectivity index (χ2n) is 10.0. The van der Waals surface area contributed by atoms with Crippen molar-refractivity contribution >= 4 is 66.1 Å². The lowest BCUT2D eigenvalue weighted by molar-refractivity contribution is 0.0984. The number of nitriles is 2. The van der Waals surface area contributed by atoms with E-state index in [2.05, 4.69) is 0 Å². The van der Waals surface area contributed by atoms with Crippen molar-refractivity contribution in [3.05, 3.63) is 105 Å². The van der Waals surface area contributed by atoms with Gasteiger partial charge in [0.25, 0.3) is 11.8 Å². The van der Waals surface area contributed by atoms with Crippen molar-refractivity contribution < 1.29 is 36.3 Å². The topological polar surface area (TPSA) is 186 Å². The highest BCUT2D eigenvalue weighted by Gasteiger charge is 2.37. The lowest BCUT2D eigenvalue weighted by Crippen LogP contribution is -2.30. The van der Waals surface area contributed by atoms with Crippen molar-refractivity contribution in [1.82, 2.24) is 0 Å². The number of anilines is 2. The molecule has 1 N–H and O–H groups in total. The summed E-state index contributed by atoms with van der Waals surface area (Å²) in [5.41, 5.74) is 0.675. The summed E-state index contributed by atoms with van der Waals surface area (Å²) in [7, 11) is -5.78. The van der Waals surface area contributed by atoms with Gasteiger partial charge in [0.15, 0.2) is 31.2 Å². The molecule has 6 rings (SSSR count). The van der Waals surface area contributed by atoms with Crippen LogP contribution in [-0.2, 0) is 19.7 Å². The van der Waals surface area contributed by atoms with E-state index < -0.39 is 49.0 Å². The van der Waals surface area contributed by atoms with Gasteiger partial charge in [-0.2, -0.15) is 10.5 Å². The molecule has 0 aromatic heterocycles. The van der Waals surface area contributed by atoms with E-state index in [0.29, 0.717) is 5.69 Å². The number of nitrogens with zero attached hydrogens (tertiary/aromatic N) is 4. The Balaban J connectivity index is 0.000000185. The van der Waals surface area contributed by atoms with Crippen LogP contribution < -0.4 is 14.5 Å². The Hall–Kier alpha value is -5.12. The van der Waals surface area contributed by atoms with Crippen LogP contribution >= 0.6 is 23.2 Å². The molecule has 238 valence electrons. The Morgan fingerprint density at radius 1 is 0.745 bits per heavy atom. The number of benzene rings is 4. The van der Waals surface area contributed by atoms with Gasteiger partial charge in [-0.3, -0.25) is 19.4 Å². The summed E-state index contributed by atoms with van der Waals surface area (Å²) in [5, 5.41) is 27.7. The van der Waals surface area contributed by atoms with Gasteiger partial charge < -0.3 is 9.84 Å². The zero-order valence-corrected chi connectivity index (χ0v) is 27.2. The molecule has 2 aliphatic heterocycles. The number of halogens is 2. The third-order valence-corrected chi connectivity index (χ3v) is 10.9. The number of aromatic hydroxyl groups is 1. The number of carbonyl (C=O) groups excluding carboxylic acids is 2. The smallest absolute Gasteiger partial charge is 0.259 e. The normalized spacial score (nSPS) is 14.9. The van der Waals surface area contributed by atoms with E-state index >= 15 is 0 Å². The van der Waals surface area contributed by atoms with Gasteiger partial charge in [0.1, 0.15) is 23.9 Å². The lowest BCUT2D eigenvalue weighted by atomic mass is 10.1. The first-order valence-electron chi connectivity index (χ1n) is 13.2. The summed E-state index contributed by atoms with van der Waals surface area (Å²) in [4.78, 5) is 27.9. The maximum Gasteiger partial charge on any atom is 0.259 e. The van der Waals surface area contributed by atoms with Crippen LogP contribution in [0.3, 0.4) is 0 Å². The lowest BCUT2D eigenvalue weighted by Gasteiger charge is -2.16. The van der Waals surface area contributed by atoms with Gasteiger partial charge in [0, 0.05) is 11.1 Å². The summed E-state index contributed by atoms with van der Waals surface area (Å²) in [6, 6.07) is 21.2. The van der Waals surface area contributed by atoms with E-state index in [-0.39, 0.29) is 53.5 Å². The van der Waals surface area contributed by atoms with E-state index in [1.807, 2.05) is 6.07 Å². The molecule has 2 heterocycles. The van der Waals surface area contributed by atoms with Gasteiger partial charge in [0.05, 0.1) is 49.4 Å². The molecule has 16 heteroatoms. The van der Waals surface area contributed by atoms with Crippen LogP contribution in [0.5, 0.6) is 11.5 Å². The number of sulfone groups is 2. The third-order valence-electron chi connectivity index (χ3n) is 7.12. The van der Waals surface area contributed by atoms with Crippen molar-refractivity contribution in [3.8, 4) is 23.6 Å². The molecule has 0 atom stereocenters. The number of hydrogen-bond donors (Lipinski definition) is 1. The third kappa shape index (κ3) is 6.07. The highest BCUT2D eigenvalue weighted by atomic mass is 35.5. The Labute approximate surface area is 279 Å². The molecule has 4 aromatic rings. The van der Waals surface area contributed by atoms with Crippen LogP contribution in [0.1, 0.15) is 31.8 Å². The number of carbonyl (C=O) groups is 2. The second-order valence-corrected chi connectivity index (χ2v) is 14.7. The van der Waals surface area contributed by atoms with Crippen LogP contribution in [0.25, 0.3) is 0 Å². The number of phenols is 1. The van der Waals surface area contributed by atoms with Crippen molar-refractivity contribution in [2.45, 2.75) is 9.79 Å². The number of methoxy groups -OCH3 is 1. The average Bonchev–Trinajstić information content (AvgIpc) is 3.50. The van der Waals surface area contributed by atoms with Gasteiger partial charge in [0.2, 0.25) is 0 Å². The maximum atomic E-state index is 12.8. The monoisotopic (exact) mass is 710 g/mol. The van der Waals surface area contributed by atoms with Gasteiger partial charge in [-0.05, 0) is 48.5 Å². The second kappa shape index (κ2) is 12.6. The van der Waals surface area contributed by atoms with Crippen molar-refractivity contribution in [2.24, 2.45) is 0 Å². The number of hydrogen-bond acceptors (Lipinski definition) is 10. The molecule has 2 amide bonds. The van der Waals surface area contributed by atoms with Crippen LogP contribution in [0.2, 0.25) is 10.0 Å². The molecule has 0 fully saturated rings. The Kier molecular flexibility index (Phi) is 8.90. The fourth-order valence-electron chi connectivity index (χ4n) is 4.97. The first kappa shape index (κ1) is 33.2. The molecule has 12 nitrogen and oxygen atoms in total. The van der Waals surface area contributed by atoms with Gasteiger partial charge in [-0.1, -0.05) is 47.5 Å². The minimum absolute atomic E-state index is 0.0243. The van der Waals surface area contributed by atoms with Crippen molar-refractivity contribution in [2.75, 3.05) is 28.7 Å². The molecule has 0 spiro atoms. The number of fused-ring (bicyclic) bond motifs is 2. The Morgan fingerprint density at radius 2 is 1.17 bits per heavy atom. The fraction of sp³-hybridized carbons (Fsp3) is 0.0968. The van der Waals surface area contributed by atoms with Crippen molar-refractivity contribution in [3.63, 3.8) is 0 Å². The molecule has 0 radical (unpaired) electrons. The highest BCUT2D eigenvalue weighted by molar-refractivity contribution is 7.92. The van der Waals surface area contributed by atoms with Crippen LogP contribution in [0, 0.1) is 22.7 Å². The molecule has 0 saturated carbocycles. The zero-order chi connectivity index (χ0) is 34.3. The highest BCUT2D eigenvalue weighted by Crippen LogP contribution is 2.37. The number of ether oxygens (including phenoxy) is 1. The standard InChI is InChI=1S/C16H11ClN2O4S.C15H9ClN2O4S/c1-23-15-11(8-18)6-10(7-12(15)17)16(20)19-9-24(21,22)14-5-3-2-4-13(14)19;16-11-6-9(5-10(7-17)14(11)19)15(20)18-8-23(21,22)13-4-2-1-3-12(13)18/h2-7H,9H2,1H3;1-6,19H,8H2. The van der Waals surface area contributed by atoms with Crippen LogP contribution in [-0.4, -0.2) is 52.6 Å². The molecule has 47 heavy (non-hydrogen) atoms. The first-order valence-corrected chi connectivity index (χ1v) is 17.3. The number of phenolic OH excluding ortho intramolecular Hbond substituents is 1. The van der Waals surface area contributed by atoms with Gasteiger partial charge >= 0.3 is 0 Å². The number of para-hydroxylation sites is 2. The fourth-order valence-corrected chi connectivity index (χ4v) is 8.52. The van der Waals surface area contributed by atoms with Crippen LogP contribution in [0.15, 0.2) is 82.6 Å². The largest absolute Gasteiger partial charge is 0.505 e. The molecule has 2 aliphatic rings. The van der Waals surface area contributed by atoms with E-state index in [1.165, 1.54) is 49.6 Å². The SMILES string of the molecule is COc1c(Cl)cc(C(=O)N2CS(=O)(=O)c3ccccc32)cc1C#N.N#Cc1cc(C(=O)N2CS(=O)(=O)c3ccccc32)cc(Cl)c1O. The molecular formula is C31H20Cl2N4O8S2. The summed E-state index contributed by atoms with van der Waals surface area (Å²) in [5.74, 6) is -2.34. The molecule has 0 saturated heterocycles. The van der Waals surface area contributed by atoms with E-state index in [4.69, 9.17) is 33.2 Å². The van der Waals surface area contributed by atoms with E-state index in [0.717, 1.165) is 9.80 Å². The van der Waals surface area contributed by atoms with Crippen molar-refractivity contribution in [1.29, 1.82) is 10.5 Å². The molecule has 0 unspecified atom stereocenters. The zero-order valence-electron chi connectivity index (χ0n) is 24.0. The summed E-state index contributed by atoms with van der Waals surface area (Å²) < 4.78 is 53.7. The molecular weight excluding hydrogens is 691 g/mol. The van der Waals surface area contributed by atoms with E-state index in [9.17, 15) is 36.8 Å². The first-order chi connectivity index (χ1) is 22.2. The predicted octanol–water partition coefficient (Wildman–Crippen LogP) is 4.92. The number of rotatable bonds is 3. The molecule has 4 aromatic carbocycles. The quantitative estimate of drug-likeness (QED) is 0.306. The van der Waals surface area contributed by atoms with Crippen LogP contribution in [0.4, 0.5) is 11.4 Å². The summed E-state index contributed by atoms with van der Waals surface area (Å²) in [6.45, 7) is 0. The van der Waals surface area contributed by atoms with E-state index in [1.54, 1.807) is 36.4 Å². The Bertz CT molecular complexity index is 2300. The number of amides is 2. The maximum absolute atomic E-state index is 12.8. The Morgan fingerprint density at radius 3 is 1.62 bits per heavy atom. The minimum Gasteiger partial charge on any atom is -0.505 e. The predicted molar refractivity (Wildman–Crippen MR) is 171 cm³/mol. The summed E-state index contributed by atoms with van der Waals surface area (Å²) >= 11 is 11.9. The average molecular weight is 712 g/mol. The van der Waals surface area contributed by atoms with Gasteiger partial charge in [-0.15, -0.1) is 0 Å². The van der Waals surface area contributed by atoms with Gasteiger partial charge in [-0.25, -0.2) is 16.8 Å². The minimum atomic E-state index is -3.58. The summed E-state index contributed by atoms with van der Waals surface area (Å²) in [6.07, 6.45) is 0. The molecule has 0 bridgehead atoms.